The van der Waals surface area contributed by atoms with Crippen LogP contribution in [0.25, 0.3) is 0 Å². The minimum Gasteiger partial charge on any atom is -0.357 e. The molecular formula is C5H13ClO2Si. The van der Waals surface area contributed by atoms with Gasteiger partial charge in [-0.1, -0.05) is 0 Å². The van der Waals surface area contributed by atoms with Gasteiger partial charge in [-0.05, 0) is 6.92 Å². The van der Waals surface area contributed by atoms with Crippen molar-refractivity contribution < 1.29 is 9.47 Å². The van der Waals surface area contributed by atoms with Crippen LogP contribution >= 0.6 is 11.6 Å². The monoisotopic (exact) mass is 168 g/mol. The van der Waals surface area contributed by atoms with Crippen molar-refractivity contribution in [1.29, 1.82) is 0 Å². The van der Waals surface area contributed by atoms with Crippen molar-refractivity contribution in [3.63, 3.8) is 0 Å². The first-order chi connectivity index (χ1) is 4.06. The lowest BCUT2D eigenvalue weighted by Crippen LogP contribution is -2.42. The van der Waals surface area contributed by atoms with Crippen LogP contribution in [0, 0.1) is 0 Å². The second-order valence-electron chi connectivity index (χ2n) is 2.04. The Bertz CT molecular complexity index is 83.0. The summed E-state index contributed by atoms with van der Waals surface area (Å²) in [5.41, 5.74) is -0.512. The zero-order chi connectivity index (χ0) is 7.49. The van der Waals surface area contributed by atoms with Crippen LogP contribution in [0.1, 0.15) is 6.92 Å². The van der Waals surface area contributed by atoms with E-state index >= 15 is 0 Å². The van der Waals surface area contributed by atoms with Crippen LogP contribution in [0.3, 0.4) is 0 Å². The lowest BCUT2D eigenvalue weighted by atomic mass is 10.4. The summed E-state index contributed by atoms with van der Waals surface area (Å²) in [5.74, 6) is 0. The van der Waals surface area contributed by atoms with Crippen molar-refractivity contribution in [3.8, 4) is 0 Å². The minimum atomic E-state index is -0.512. The highest BCUT2D eigenvalue weighted by Crippen LogP contribution is 2.16. The van der Waals surface area contributed by atoms with E-state index < -0.39 is 5.41 Å². The molecule has 0 aromatic rings. The first-order valence-corrected chi connectivity index (χ1v) is 4.25. The predicted octanol–water partition coefficient (Wildman–Crippen LogP) is -0.0743. The molecule has 0 fully saturated rings. The Morgan fingerprint density at radius 1 is 1.44 bits per heavy atom. The molecule has 1 unspecified atom stereocenters. The molecule has 0 amide bonds. The number of alkyl halides is 1. The average Bonchev–Trinajstić information content (AvgIpc) is 1.86. The van der Waals surface area contributed by atoms with Crippen molar-refractivity contribution in [3.05, 3.63) is 0 Å². The molecule has 0 aromatic heterocycles. The molecule has 56 valence electrons. The Morgan fingerprint density at radius 3 is 1.78 bits per heavy atom. The lowest BCUT2D eigenvalue weighted by Gasteiger charge is -2.28. The van der Waals surface area contributed by atoms with E-state index in [2.05, 4.69) is 0 Å². The highest BCUT2D eigenvalue weighted by atomic mass is 35.5. The molecule has 4 heteroatoms. The molecule has 0 saturated heterocycles. The number of rotatable bonds is 3. The van der Waals surface area contributed by atoms with Crippen molar-refractivity contribution in [2.45, 2.75) is 17.7 Å². The number of ether oxygens (including phenoxy) is 2. The fourth-order valence-corrected chi connectivity index (χ4v) is 0.586. The zero-order valence-corrected chi connectivity index (χ0v) is 9.03. The van der Waals surface area contributed by atoms with Crippen molar-refractivity contribution in [2.24, 2.45) is 0 Å². The van der Waals surface area contributed by atoms with Crippen molar-refractivity contribution in [2.75, 3.05) is 14.2 Å². The SMILES string of the molecule is COC([SiH3])(OC)C(C)Cl. The van der Waals surface area contributed by atoms with Gasteiger partial charge in [0.05, 0.1) is 15.6 Å². The van der Waals surface area contributed by atoms with E-state index in [1.165, 1.54) is 0 Å². The van der Waals surface area contributed by atoms with Gasteiger partial charge in [0.2, 0.25) is 0 Å². The number of hydrogen-bond donors (Lipinski definition) is 0. The largest absolute Gasteiger partial charge is 0.357 e. The van der Waals surface area contributed by atoms with Crippen molar-refractivity contribution in [1.82, 2.24) is 0 Å². The Labute approximate surface area is 63.9 Å². The summed E-state index contributed by atoms with van der Waals surface area (Å²) in [7, 11) is 3.99. The van der Waals surface area contributed by atoms with Gasteiger partial charge in [0.1, 0.15) is 0 Å². The molecule has 0 radical (unpaired) electrons. The molecule has 9 heavy (non-hydrogen) atoms. The van der Waals surface area contributed by atoms with Crippen molar-refractivity contribution >= 4 is 21.8 Å². The fourth-order valence-electron chi connectivity index (χ4n) is 0.408. The summed E-state index contributed by atoms with van der Waals surface area (Å²) < 4.78 is 10.1. The Morgan fingerprint density at radius 2 is 1.78 bits per heavy atom. The zero-order valence-electron chi connectivity index (χ0n) is 6.27. The summed E-state index contributed by atoms with van der Waals surface area (Å²) in [5, 5.41) is -0.0841. The molecule has 0 saturated carbocycles. The topological polar surface area (TPSA) is 18.5 Å². The van der Waals surface area contributed by atoms with Gasteiger partial charge >= 0.3 is 0 Å². The van der Waals surface area contributed by atoms with E-state index in [1.807, 2.05) is 6.92 Å². The molecule has 0 aliphatic rings. The number of halogens is 1. The van der Waals surface area contributed by atoms with Gasteiger partial charge in [0.25, 0.3) is 0 Å². The fraction of sp³-hybridized carbons (Fsp3) is 1.00. The highest BCUT2D eigenvalue weighted by Gasteiger charge is 2.28. The molecule has 0 heterocycles. The van der Waals surface area contributed by atoms with Gasteiger partial charge in [0, 0.05) is 14.2 Å². The summed E-state index contributed by atoms with van der Waals surface area (Å²) in [4.78, 5) is 0. The molecule has 0 rings (SSSR count). The van der Waals surface area contributed by atoms with Gasteiger partial charge in [-0.15, -0.1) is 11.6 Å². The Balaban J connectivity index is 3.92. The summed E-state index contributed by atoms with van der Waals surface area (Å²) in [6.07, 6.45) is 0. The summed E-state index contributed by atoms with van der Waals surface area (Å²) in [6.45, 7) is 1.86. The second-order valence-corrected chi connectivity index (χ2v) is 4.09. The van der Waals surface area contributed by atoms with Crippen LogP contribution in [0.2, 0.25) is 0 Å². The van der Waals surface area contributed by atoms with Crippen LogP contribution in [-0.2, 0) is 9.47 Å². The lowest BCUT2D eigenvalue weighted by molar-refractivity contribution is -0.140. The Hall–Kier alpha value is 0.427. The maximum Gasteiger partial charge on any atom is 0.156 e. The van der Waals surface area contributed by atoms with Crippen LogP contribution in [0.15, 0.2) is 0 Å². The van der Waals surface area contributed by atoms with Gasteiger partial charge in [-0.3, -0.25) is 0 Å². The maximum absolute atomic E-state index is 5.77. The summed E-state index contributed by atoms with van der Waals surface area (Å²) in [6, 6.07) is 0. The van der Waals surface area contributed by atoms with Crippen LogP contribution < -0.4 is 0 Å². The van der Waals surface area contributed by atoms with E-state index in [0.717, 1.165) is 10.2 Å². The molecule has 2 nitrogen and oxygen atoms in total. The molecule has 0 aliphatic heterocycles. The molecule has 0 N–H and O–H groups in total. The molecule has 0 aromatic carbocycles. The standard InChI is InChI=1S/C5H13ClO2Si/c1-4(6)5(9,7-2)8-3/h4H,1-3,9H3. The molecule has 0 aliphatic carbocycles. The van der Waals surface area contributed by atoms with Crippen LogP contribution in [0.4, 0.5) is 0 Å². The molecular weight excluding hydrogens is 156 g/mol. The minimum absolute atomic E-state index is 0.0841. The highest BCUT2D eigenvalue weighted by molar-refractivity contribution is 6.27. The third kappa shape index (κ3) is 2.25. The van der Waals surface area contributed by atoms with E-state index in [0.29, 0.717) is 0 Å². The molecule has 0 bridgehead atoms. The van der Waals surface area contributed by atoms with Crippen LogP contribution in [0.5, 0.6) is 0 Å². The van der Waals surface area contributed by atoms with Crippen LogP contribution in [-0.4, -0.2) is 35.2 Å². The van der Waals surface area contributed by atoms with E-state index in [-0.39, 0.29) is 5.38 Å². The van der Waals surface area contributed by atoms with Gasteiger partial charge in [-0.25, -0.2) is 0 Å². The van der Waals surface area contributed by atoms with E-state index in [1.54, 1.807) is 14.2 Å². The smallest absolute Gasteiger partial charge is 0.156 e. The maximum atomic E-state index is 5.77. The quantitative estimate of drug-likeness (QED) is 0.334. The Kier molecular flexibility index (Phi) is 3.73. The van der Waals surface area contributed by atoms with E-state index in [9.17, 15) is 0 Å². The third-order valence-electron chi connectivity index (χ3n) is 1.53. The van der Waals surface area contributed by atoms with E-state index in [4.69, 9.17) is 21.1 Å². The third-order valence-corrected chi connectivity index (χ3v) is 3.98. The number of hydrogen-bond acceptors (Lipinski definition) is 2. The average molecular weight is 169 g/mol. The molecule has 1 atom stereocenters. The molecule has 0 spiro atoms. The first-order valence-electron chi connectivity index (χ1n) is 2.81. The number of methoxy groups -OCH3 is 2. The summed E-state index contributed by atoms with van der Waals surface area (Å²) >= 11 is 5.77. The normalized spacial score (nSPS) is 16.0. The second kappa shape index (κ2) is 3.56. The van der Waals surface area contributed by atoms with Gasteiger partial charge in [0.15, 0.2) is 5.41 Å². The first kappa shape index (κ1) is 9.43. The van der Waals surface area contributed by atoms with Gasteiger partial charge in [-0.2, -0.15) is 0 Å². The van der Waals surface area contributed by atoms with Gasteiger partial charge < -0.3 is 9.47 Å². The predicted molar refractivity (Wildman–Crippen MR) is 42.0 cm³/mol.